The Balaban J connectivity index is 2.89. The molecule has 0 amide bonds. The molecule has 3 nitrogen and oxygen atoms in total. The van der Waals surface area contributed by atoms with Gasteiger partial charge in [-0.15, -0.1) is 0 Å². The Morgan fingerprint density at radius 3 is 2.60 bits per heavy atom. The summed E-state index contributed by atoms with van der Waals surface area (Å²) in [5.41, 5.74) is 8.12. The molecule has 2 rings (SSSR count). The zero-order valence-electron chi connectivity index (χ0n) is 9.26. The molecule has 3 heteroatoms. The molecule has 0 bridgehead atoms. The van der Waals surface area contributed by atoms with Gasteiger partial charge in [-0.2, -0.15) is 0 Å². The highest BCUT2D eigenvalue weighted by Crippen LogP contribution is 2.26. The second-order valence-corrected chi connectivity index (χ2v) is 3.86. The summed E-state index contributed by atoms with van der Waals surface area (Å²) in [6.45, 7) is 6.15. The van der Waals surface area contributed by atoms with Crippen LogP contribution in [0.5, 0.6) is 0 Å². The molecule has 1 aromatic heterocycles. The monoisotopic (exact) mass is 201 g/mol. The minimum Gasteiger partial charge on any atom is -0.323 e. The van der Waals surface area contributed by atoms with E-state index in [4.69, 9.17) is 5.84 Å². The molecule has 0 aliphatic carbocycles. The average molecular weight is 201 g/mol. The molecule has 15 heavy (non-hydrogen) atoms. The molecule has 0 aliphatic heterocycles. The Kier molecular flexibility index (Phi) is 2.32. The first kappa shape index (κ1) is 9.93. The van der Waals surface area contributed by atoms with E-state index in [9.17, 15) is 0 Å². The van der Waals surface area contributed by atoms with Crippen LogP contribution < -0.4 is 11.3 Å². The van der Waals surface area contributed by atoms with Crippen LogP contribution in [0.2, 0.25) is 0 Å². The number of aromatic nitrogens is 1. The van der Waals surface area contributed by atoms with E-state index in [1.807, 2.05) is 13.0 Å². The second-order valence-electron chi connectivity index (χ2n) is 3.86. The van der Waals surface area contributed by atoms with Gasteiger partial charge in [0.25, 0.3) is 0 Å². The number of anilines is 1. The maximum atomic E-state index is 5.50. The fourth-order valence-electron chi connectivity index (χ4n) is 1.78. The van der Waals surface area contributed by atoms with Crippen LogP contribution in [-0.2, 0) is 0 Å². The number of hydrogen-bond acceptors (Lipinski definition) is 3. The molecular weight excluding hydrogens is 186 g/mol. The van der Waals surface area contributed by atoms with Gasteiger partial charge >= 0.3 is 0 Å². The van der Waals surface area contributed by atoms with Gasteiger partial charge in [-0.3, -0.25) is 10.8 Å². The number of fused-ring (bicyclic) bond motifs is 1. The predicted octanol–water partition coefficient (Wildman–Crippen LogP) is 2.45. The van der Waals surface area contributed by atoms with E-state index >= 15 is 0 Å². The smallest absolute Gasteiger partial charge is 0.0758 e. The third-order valence-corrected chi connectivity index (χ3v) is 2.79. The van der Waals surface area contributed by atoms with E-state index in [0.717, 1.165) is 22.3 Å². The van der Waals surface area contributed by atoms with Crippen LogP contribution in [0.1, 0.15) is 16.8 Å². The van der Waals surface area contributed by atoms with Crippen molar-refractivity contribution < 1.29 is 0 Å². The highest BCUT2D eigenvalue weighted by atomic mass is 15.2. The summed E-state index contributed by atoms with van der Waals surface area (Å²) in [7, 11) is 0. The summed E-state index contributed by atoms with van der Waals surface area (Å²) >= 11 is 0. The molecule has 3 N–H and O–H groups in total. The minimum atomic E-state index is 0.931. The number of pyridine rings is 1. The van der Waals surface area contributed by atoms with Crippen molar-refractivity contribution in [3.05, 3.63) is 35.0 Å². The average Bonchev–Trinajstić information content (AvgIpc) is 2.23. The van der Waals surface area contributed by atoms with Gasteiger partial charge in [0.2, 0.25) is 0 Å². The van der Waals surface area contributed by atoms with Gasteiger partial charge in [0.05, 0.1) is 11.2 Å². The van der Waals surface area contributed by atoms with E-state index < -0.39 is 0 Å². The van der Waals surface area contributed by atoms with Crippen LogP contribution in [0, 0.1) is 20.8 Å². The standard InChI is InChI=1S/C12H15N3/c1-7-4-5-10-11(15-13)6-8(2)14-12(10)9(7)3/h4-6H,13H2,1-3H3,(H,14,15). The van der Waals surface area contributed by atoms with Crippen molar-refractivity contribution in [1.82, 2.24) is 4.98 Å². The molecule has 0 atom stereocenters. The van der Waals surface area contributed by atoms with Crippen molar-refractivity contribution in [3.63, 3.8) is 0 Å². The number of nitrogens with two attached hydrogens (primary N) is 1. The van der Waals surface area contributed by atoms with Gasteiger partial charge in [-0.25, -0.2) is 0 Å². The largest absolute Gasteiger partial charge is 0.323 e. The highest BCUT2D eigenvalue weighted by molar-refractivity contribution is 5.93. The molecule has 0 spiro atoms. The minimum absolute atomic E-state index is 0.931. The van der Waals surface area contributed by atoms with Crippen molar-refractivity contribution >= 4 is 16.6 Å². The topological polar surface area (TPSA) is 50.9 Å². The third kappa shape index (κ3) is 1.55. The predicted molar refractivity (Wildman–Crippen MR) is 63.8 cm³/mol. The SMILES string of the molecule is Cc1cc(NN)c2ccc(C)c(C)c2n1. The fraction of sp³-hybridized carbons (Fsp3) is 0.250. The zero-order valence-corrected chi connectivity index (χ0v) is 9.26. The van der Waals surface area contributed by atoms with Crippen molar-refractivity contribution in [3.8, 4) is 0 Å². The molecule has 0 unspecified atom stereocenters. The molecule has 1 heterocycles. The molecule has 2 aromatic rings. The fourth-order valence-corrected chi connectivity index (χ4v) is 1.78. The van der Waals surface area contributed by atoms with Crippen LogP contribution in [0.4, 0.5) is 5.69 Å². The molecule has 0 saturated heterocycles. The number of hydrogen-bond donors (Lipinski definition) is 2. The number of rotatable bonds is 1. The van der Waals surface area contributed by atoms with E-state index in [1.165, 1.54) is 11.1 Å². The maximum Gasteiger partial charge on any atom is 0.0758 e. The van der Waals surface area contributed by atoms with Gasteiger partial charge in [0, 0.05) is 11.1 Å². The lowest BCUT2D eigenvalue weighted by molar-refractivity contribution is 1.22. The van der Waals surface area contributed by atoms with Crippen LogP contribution in [0.25, 0.3) is 10.9 Å². The molecular formula is C12H15N3. The quantitative estimate of drug-likeness (QED) is 0.550. The molecule has 0 aliphatic rings. The molecule has 0 saturated carbocycles. The summed E-state index contributed by atoms with van der Waals surface area (Å²) in [5, 5.41) is 1.08. The van der Waals surface area contributed by atoms with Crippen LogP contribution in [0.3, 0.4) is 0 Å². The number of nitrogens with zero attached hydrogens (tertiary/aromatic N) is 1. The summed E-state index contributed by atoms with van der Waals surface area (Å²) in [5.74, 6) is 5.50. The van der Waals surface area contributed by atoms with Crippen LogP contribution in [-0.4, -0.2) is 4.98 Å². The molecule has 78 valence electrons. The Labute approximate surface area is 89.3 Å². The Morgan fingerprint density at radius 2 is 1.93 bits per heavy atom. The summed E-state index contributed by atoms with van der Waals surface area (Å²) in [6.07, 6.45) is 0. The van der Waals surface area contributed by atoms with E-state index in [-0.39, 0.29) is 0 Å². The van der Waals surface area contributed by atoms with Gasteiger partial charge in [0.1, 0.15) is 0 Å². The van der Waals surface area contributed by atoms with Gasteiger partial charge in [0.15, 0.2) is 0 Å². The van der Waals surface area contributed by atoms with Crippen molar-refractivity contribution in [2.24, 2.45) is 5.84 Å². The summed E-state index contributed by atoms with van der Waals surface area (Å²) < 4.78 is 0. The van der Waals surface area contributed by atoms with Crippen LogP contribution >= 0.6 is 0 Å². The first-order chi connectivity index (χ1) is 7.13. The lowest BCUT2D eigenvalue weighted by Crippen LogP contribution is -2.08. The van der Waals surface area contributed by atoms with Crippen molar-refractivity contribution in [2.45, 2.75) is 20.8 Å². The summed E-state index contributed by atoms with van der Waals surface area (Å²) in [6, 6.07) is 6.10. The first-order valence-electron chi connectivity index (χ1n) is 4.97. The highest BCUT2D eigenvalue weighted by Gasteiger charge is 2.06. The number of nitrogens with one attached hydrogen (secondary N) is 1. The normalized spacial score (nSPS) is 10.7. The molecule has 0 radical (unpaired) electrons. The van der Waals surface area contributed by atoms with E-state index in [1.54, 1.807) is 0 Å². The Hall–Kier alpha value is -1.61. The second kappa shape index (κ2) is 3.51. The number of benzene rings is 1. The molecule has 0 fully saturated rings. The van der Waals surface area contributed by atoms with E-state index in [2.05, 4.69) is 36.4 Å². The van der Waals surface area contributed by atoms with Crippen molar-refractivity contribution in [1.29, 1.82) is 0 Å². The first-order valence-corrected chi connectivity index (χ1v) is 4.97. The molecule has 1 aromatic carbocycles. The van der Waals surface area contributed by atoms with Crippen LogP contribution in [0.15, 0.2) is 18.2 Å². The lowest BCUT2D eigenvalue weighted by Gasteiger charge is -2.10. The van der Waals surface area contributed by atoms with Gasteiger partial charge < -0.3 is 5.43 Å². The van der Waals surface area contributed by atoms with Crippen molar-refractivity contribution in [2.75, 3.05) is 5.43 Å². The zero-order chi connectivity index (χ0) is 11.0. The maximum absolute atomic E-state index is 5.50. The lowest BCUT2D eigenvalue weighted by atomic mass is 10.0. The summed E-state index contributed by atoms with van der Waals surface area (Å²) in [4.78, 5) is 4.55. The number of hydrazine groups is 1. The van der Waals surface area contributed by atoms with Gasteiger partial charge in [-0.05, 0) is 38.0 Å². The number of aryl methyl sites for hydroxylation is 3. The third-order valence-electron chi connectivity index (χ3n) is 2.79. The Bertz CT molecular complexity index is 518. The Morgan fingerprint density at radius 1 is 1.20 bits per heavy atom. The van der Waals surface area contributed by atoms with E-state index in [0.29, 0.717) is 0 Å². The van der Waals surface area contributed by atoms with Gasteiger partial charge in [-0.1, -0.05) is 12.1 Å². The number of nitrogen functional groups attached to an aromatic ring is 1.